The summed E-state index contributed by atoms with van der Waals surface area (Å²) in [7, 11) is 0. The van der Waals surface area contributed by atoms with Crippen LogP contribution in [-0.4, -0.2) is 22.1 Å². The van der Waals surface area contributed by atoms with E-state index < -0.39 is 12.0 Å². The number of aliphatic carboxylic acids is 1. The van der Waals surface area contributed by atoms with E-state index in [-0.39, 0.29) is 0 Å². The van der Waals surface area contributed by atoms with Crippen LogP contribution < -0.4 is 11.1 Å². The van der Waals surface area contributed by atoms with E-state index in [4.69, 9.17) is 15.3 Å². The van der Waals surface area contributed by atoms with Gasteiger partial charge in [0.2, 0.25) is 0 Å². The number of furan rings is 1. The van der Waals surface area contributed by atoms with Gasteiger partial charge in [-0.05, 0) is 42.7 Å². The molecule has 2 heterocycles. The molecule has 4 N–H and O–H groups in total. The van der Waals surface area contributed by atoms with Crippen LogP contribution in [0.2, 0.25) is 0 Å². The van der Waals surface area contributed by atoms with Gasteiger partial charge in [-0.2, -0.15) is 0 Å². The fourth-order valence-electron chi connectivity index (χ4n) is 2.59. The van der Waals surface area contributed by atoms with E-state index in [9.17, 15) is 4.79 Å². The largest absolute Gasteiger partial charge is 0.480 e. The van der Waals surface area contributed by atoms with Gasteiger partial charge < -0.3 is 20.6 Å². The summed E-state index contributed by atoms with van der Waals surface area (Å²) in [4.78, 5) is 15.1. The maximum atomic E-state index is 10.8. The Hall–Kier alpha value is -3.12. The minimum absolute atomic E-state index is 0.298. The van der Waals surface area contributed by atoms with Gasteiger partial charge >= 0.3 is 5.97 Å². The molecule has 0 saturated carbocycles. The maximum absolute atomic E-state index is 10.8. The Balaban J connectivity index is 1.63. The monoisotopic (exact) mass is 351 g/mol. The van der Waals surface area contributed by atoms with Crippen molar-refractivity contribution in [3.63, 3.8) is 0 Å². The highest BCUT2D eigenvalue weighted by molar-refractivity contribution is 5.73. The van der Waals surface area contributed by atoms with Gasteiger partial charge in [0.15, 0.2) is 0 Å². The first kappa shape index (κ1) is 17.7. The fourth-order valence-corrected chi connectivity index (χ4v) is 2.59. The number of carboxylic acid groups (broad SMARTS) is 1. The zero-order chi connectivity index (χ0) is 18.5. The van der Waals surface area contributed by atoms with Crippen molar-refractivity contribution in [2.45, 2.75) is 25.9 Å². The molecule has 134 valence electrons. The van der Waals surface area contributed by atoms with Gasteiger partial charge in [0.25, 0.3) is 0 Å². The number of benzene rings is 1. The summed E-state index contributed by atoms with van der Waals surface area (Å²) >= 11 is 0. The average Bonchev–Trinajstić information content (AvgIpc) is 3.09. The Labute approximate surface area is 151 Å². The lowest BCUT2D eigenvalue weighted by Gasteiger charge is -2.06. The highest BCUT2D eigenvalue weighted by Crippen LogP contribution is 2.23. The molecule has 0 aliphatic heterocycles. The molecular weight excluding hydrogens is 330 g/mol. The first-order valence-electron chi connectivity index (χ1n) is 8.33. The molecular formula is C20H21N3O3. The number of carbonyl (C=O) groups is 1. The zero-order valence-electron chi connectivity index (χ0n) is 14.5. The molecule has 3 aromatic rings. The topological polar surface area (TPSA) is 101 Å². The second kappa shape index (κ2) is 7.84. The van der Waals surface area contributed by atoms with Crippen molar-refractivity contribution in [3.8, 4) is 11.3 Å². The lowest BCUT2D eigenvalue weighted by atomic mass is 10.0. The number of anilines is 1. The van der Waals surface area contributed by atoms with Crippen LogP contribution >= 0.6 is 0 Å². The molecule has 3 rings (SSSR count). The number of hydrogen-bond donors (Lipinski definition) is 3. The van der Waals surface area contributed by atoms with Gasteiger partial charge in [-0.1, -0.05) is 24.3 Å². The fraction of sp³-hybridized carbons (Fsp3) is 0.200. The van der Waals surface area contributed by atoms with Gasteiger partial charge in [-0.25, -0.2) is 4.98 Å². The Kier molecular flexibility index (Phi) is 5.34. The third-order valence-corrected chi connectivity index (χ3v) is 4.05. The molecule has 1 aromatic carbocycles. The number of pyridine rings is 1. The smallest absolute Gasteiger partial charge is 0.320 e. The third kappa shape index (κ3) is 4.49. The lowest BCUT2D eigenvalue weighted by Crippen LogP contribution is -2.32. The molecule has 0 spiro atoms. The molecule has 0 aliphatic rings. The number of nitrogens with one attached hydrogen (secondary N) is 1. The minimum Gasteiger partial charge on any atom is -0.480 e. The molecule has 0 aliphatic carbocycles. The molecule has 0 radical (unpaired) electrons. The van der Waals surface area contributed by atoms with Crippen LogP contribution in [0.4, 0.5) is 5.82 Å². The third-order valence-electron chi connectivity index (χ3n) is 4.05. The zero-order valence-corrected chi connectivity index (χ0v) is 14.5. The van der Waals surface area contributed by atoms with E-state index in [2.05, 4.69) is 10.3 Å². The predicted octanol–water partition coefficient (Wildman–Crippen LogP) is 3.22. The van der Waals surface area contributed by atoms with Gasteiger partial charge in [0, 0.05) is 23.9 Å². The van der Waals surface area contributed by atoms with Crippen LogP contribution in [0, 0.1) is 6.92 Å². The molecule has 1 atom stereocenters. The highest BCUT2D eigenvalue weighted by Gasteiger charge is 2.12. The summed E-state index contributed by atoms with van der Waals surface area (Å²) in [6.45, 7) is 2.64. The van der Waals surface area contributed by atoms with Gasteiger partial charge in [0.1, 0.15) is 17.6 Å². The Morgan fingerprint density at radius 2 is 2.00 bits per heavy atom. The number of carboxylic acids is 1. The molecule has 0 saturated heterocycles. The SMILES string of the molecule is Cc1ccnc(NCc2coc(-c3ccc(C[C@H](N)C(=O)O)cc3)c2)c1. The first-order valence-corrected chi connectivity index (χ1v) is 8.33. The van der Waals surface area contributed by atoms with Crippen molar-refractivity contribution in [1.82, 2.24) is 4.98 Å². The Morgan fingerprint density at radius 3 is 2.69 bits per heavy atom. The number of nitrogens with zero attached hydrogens (tertiary/aromatic N) is 1. The van der Waals surface area contributed by atoms with Gasteiger partial charge in [-0.3, -0.25) is 4.79 Å². The van der Waals surface area contributed by atoms with Crippen LogP contribution in [0.15, 0.2) is 59.3 Å². The lowest BCUT2D eigenvalue weighted by molar-refractivity contribution is -0.138. The molecule has 0 amide bonds. The standard InChI is InChI=1S/C20H21N3O3/c1-13-6-7-22-19(8-13)23-11-15-10-18(26-12-15)16-4-2-14(3-5-16)9-17(21)20(24)25/h2-8,10,12,17H,9,11,21H2,1H3,(H,22,23)(H,24,25)/t17-/m0/s1. The molecule has 0 bridgehead atoms. The summed E-state index contributed by atoms with van der Waals surface area (Å²) in [5.41, 5.74) is 9.53. The molecule has 0 unspecified atom stereocenters. The predicted molar refractivity (Wildman–Crippen MR) is 99.8 cm³/mol. The highest BCUT2D eigenvalue weighted by atomic mass is 16.4. The molecule has 0 fully saturated rings. The molecule has 26 heavy (non-hydrogen) atoms. The summed E-state index contributed by atoms with van der Waals surface area (Å²) in [5, 5.41) is 12.1. The summed E-state index contributed by atoms with van der Waals surface area (Å²) in [6, 6.07) is 12.6. The van der Waals surface area contributed by atoms with Gasteiger partial charge in [-0.15, -0.1) is 0 Å². The second-order valence-electron chi connectivity index (χ2n) is 6.24. The van der Waals surface area contributed by atoms with E-state index in [0.29, 0.717) is 13.0 Å². The maximum Gasteiger partial charge on any atom is 0.320 e. The van der Waals surface area contributed by atoms with E-state index >= 15 is 0 Å². The molecule has 2 aromatic heterocycles. The van der Waals surface area contributed by atoms with E-state index in [0.717, 1.165) is 33.8 Å². The van der Waals surface area contributed by atoms with Crippen LogP contribution in [0.3, 0.4) is 0 Å². The van der Waals surface area contributed by atoms with Crippen molar-refractivity contribution in [2.75, 3.05) is 5.32 Å². The normalized spacial score (nSPS) is 11.9. The Morgan fingerprint density at radius 1 is 1.23 bits per heavy atom. The quantitative estimate of drug-likeness (QED) is 0.604. The minimum atomic E-state index is -1.000. The van der Waals surface area contributed by atoms with Crippen molar-refractivity contribution in [1.29, 1.82) is 0 Å². The summed E-state index contributed by atoms with van der Waals surface area (Å²) in [5.74, 6) is 0.584. The number of aryl methyl sites for hydroxylation is 1. The molecule has 6 heteroatoms. The van der Waals surface area contributed by atoms with Crippen molar-refractivity contribution in [3.05, 3.63) is 71.6 Å². The van der Waals surface area contributed by atoms with Crippen molar-refractivity contribution < 1.29 is 14.3 Å². The molecule has 6 nitrogen and oxygen atoms in total. The summed E-state index contributed by atoms with van der Waals surface area (Å²) < 4.78 is 5.64. The number of rotatable bonds is 7. The average molecular weight is 351 g/mol. The van der Waals surface area contributed by atoms with E-state index in [1.807, 2.05) is 49.4 Å². The van der Waals surface area contributed by atoms with Gasteiger partial charge in [0.05, 0.1) is 6.26 Å². The van der Waals surface area contributed by atoms with Crippen molar-refractivity contribution >= 4 is 11.8 Å². The van der Waals surface area contributed by atoms with Crippen LogP contribution in [0.25, 0.3) is 11.3 Å². The number of hydrogen-bond acceptors (Lipinski definition) is 5. The number of nitrogens with two attached hydrogens (primary N) is 1. The van der Waals surface area contributed by atoms with Crippen LogP contribution in [0.5, 0.6) is 0 Å². The first-order chi connectivity index (χ1) is 12.5. The van der Waals surface area contributed by atoms with Crippen LogP contribution in [0.1, 0.15) is 16.7 Å². The van der Waals surface area contributed by atoms with E-state index in [1.165, 1.54) is 0 Å². The van der Waals surface area contributed by atoms with Crippen LogP contribution in [-0.2, 0) is 17.8 Å². The second-order valence-corrected chi connectivity index (χ2v) is 6.24. The Bertz CT molecular complexity index is 887. The van der Waals surface area contributed by atoms with E-state index in [1.54, 1.807) is 12.5 Å². The summed E-state index contributed by atoms with van der Waals surface area (Å²) in [6.07, 6.45) is 3.79. The number of aromatic nitrogens is 1. The van der Waals surface area contributed by atoms with Crippen molar-refractivity contribution in [2.24, 2.45) is 5.73 Å².